The van der Waals surface area contributed by atoms with Crippen LogP contribution in [0.5, 0.6) is 0 Å². The van der Waals surface area contributed by atoms with E-state index in [1.54, 1.807) is 23.5 Å². The Balaban J connectivity index is 2.24. The summed E-state index contributed by atoms with van der Waals surface area (Å²) in [5, 5.41) is 12.2. The van der Waals surface area contributed by atoms with E-state index in [1.165, 1.54) is 4.90 Å². The van der Waals surface area contributed by atoms with Crippen LogP contribution in [0.4, 0.5) is 0 Å². The minimum absolute atomic E-state index is 0.00535. The molecule has 0 aliphatic rings. The maximum absolute atomic E-state index is 11.8. The molecule has 0 aliphatic carbocycles. The van der Waals surface area contributed by atoms with Crippen LogP contribution in [-0.4, -0.2) is 40.9 Å². The van der Waals surface area contributed by atoms with Crippen molar-refractivity contribution in [2.24, 2.45) is 0 Å². The Hall–Kier alpha value is -0.650. The van der Waals surface area contributed by atoms with Gasteiger partial charge in [0.15, 0.2) is 0 Å². The minimum Gasteiger partial charge on any atom is -0.395 e. The van der Waals surface area contributed by atoms with E-state index in [0.717, 1.165) is 5.75 Å². The highest BCUT2D eigenvalue weighted by Crippen LogP contribution is 2.17. The number of hydrogen-bond acceptors (Lipinski definition) is 4. The zero-order chi connectivity index (χ0) is 14.1. The van der Waals surface area contributed by atoms with E-state index >= 15 is 0 Å². The molecule has 2 atom stereocenters. The molecule has 2 N–H and O–H groups in total. The van der Waals surface area contributed by atoms with Crippen molar-refractivity contribution in [3.05, 3.63) is 30.3 Å². The number of carbonyl (C=O) groups excluding carboxylic acids is 1. The summed E-state index contributed by atoms with van der Waals surface area (Å²) in [6, 6.07) is 10.1. The molecule has 1 rings (SSSR count). The van der Waals surface area contributed by atoms with E-state index in [2.05, 4.69) is 5.32 Å². The molecule has 3 nitrogen and oxygen atoms in total. The normalized spacial score (nSPS) is 13.8. The van der Waals surface area contributed by atoms with Crippen LogP contribution < -0.4 is 5.32 Å². The summed E-state index contributed by atoms with van der Waals surface area (Å²) in [4.78, 5) is 12.9. The van der Waals surface area contributed by atoms with Gasteiger partial charge in [-0.3, -0.25) is 4.79 Å². The number of rotatable bonds is 8. The molecular weight excluding hydrogens is 278 g/mol. The third-order valence-corrected chi connectivity index (χ3v) is 4.95. The average molecular weight is 299 g/mol. The number of benzene rings is 1. The van der Waals surface area contributed by atoms with Crippen molar-refractivity contribution in [1.29, 1.82) is 0 Å². The summed E-state index contributed by atoms with van der Waals surface area (Å²) in [6.07, 6.45) is 2.44. The first-order valence-electron chi connectivity index (χ1n) is 6.28. The lowest BCUT2D eigenvalue weighted by Gasteiger charge is -2.21. The van der Waals surface area contributed by atoms with Crippen LogP contribution in [0.15, 0.2) is 35.2 Å². The highest BCUT2D eigenvalue weighted by atomic mass is 32.2. The minimum atomic E-state index is -0.00535. The first kappa shape index (κ1) is 16.4. The Labute approximate surface area is 123 Å². The number of aliphatic hydroxyl groups excluding tert-OH is 1. The number of amides is 1. The molecule has 1 aromatic rings. The summed E-state index contributed by atoms with van der Waals surface area (Å²) >= 11 is 3.25. The van der Waals surface area contributed by atoms with Gasteiger partial charge in [0.25, 0.3) is 0 Å². The largest absolute Gasteiger partial charge is 0.395 e. The topological polar surface area (TPSA) is 49.3 Å². The van der Waals surface area contributed by atoms with Gasteiger partial charge in [-0.25, -0.2) is 0 Å². The Morgan fingerprint density at radius 2 is 2.05 bits per heavy atom. The predicted molar refractivity (Wildman–Crippen MR) is 83.8 cm³/mol. The van der Waals surface area contributed by atoms with Crippen molar-refractivity contribution < 1.29 is 9.90 Å². The third kappa shape index (κ3) is 6.36. The zero-order valence-corrected chi connectivity index (χ0v) is 13.0. The molecule has 5 heteroatoms. The summed E-state index contributed by atoms with van der Waals surface area (Å²) in [6.45, 7) is 2.01. The molecule has 106 valence electrons. The molecular formula is C14H21NO2S2. The maximum atomic E-state index is 11.8. The molecule has 0 saturated heterocycles. The quantitative estimate of drug-likeness (QED) is 0.724. The summed E-state index contributed by atoms with van der Waals surface area (Å²) in [7, 11) is 0. The lowest BCUT2D eigenvalue weighted by molar-refractivity contribution is -0.121. The highest BCUT2D eigenvalue weighted by molar-refractivity contribution is 7.99. The van der Waals surface area contributed by atoms with E-state index in [4.69, 9.17) is 5.11 Å². The maximum Gasteiger partial charge on any atom is 0.221 e. The van der Waals surface area contributed by atoms with Crippen molar-refractivity contribution >= 4 is 29.4 Å². The Morgan fingerprint density at radius 1 is 1.37 bits per heavy atom. The fraction of sp³-hybridized carbons (Fsp3) is 0.500. The second-order valence-electron chi connectivity index (χ2n) is 4.22. The van der Waals surface area contributed by atoms with E-state index in [-0.39, 0.29) is 23.8 Å². The Bertz CT molecular complexity index is 369. The second-order valence-corrected chi connectivity index (χ2v) is 6.47. The van der Waals surface area contributed by atoms with Gasteiger partial charge >= 0.3 is 0 Å². The number of thioether (sulfide) groups is 2. The predicted octanol–water partition coefficient (Wildman–Crippen LogP) is 2.40. The molecule has 1 aromatic carbocycles. The van der Waals surface area contributed by atoms with Crippen LogP contribution >= 0.6 is 23.5 Å². The van der Waals surface area contributed by atoms with E-state index < -0.39 is 0 Å². The van der Waals surface area contributed by atoms with Gasteiger partial charge in [-0.1, -0.05) is 18.2 Å². The van der Waals surface area contributed by atoms with Gasteiger partial charge < -0.3 is 10.4 Å². The van der Waals surface area contributed by atoms with E-state index in [0.29, 0.717) is 6.42 Å². The van der Waals surface area contributed by atoms with E-state index in [9.17, 15) is 4.79 Å². The van der Waals surface area contributed by atoms with Gasteiger partial charge in [0, 0.05) is 28.4 Å². The summed E-state index contributed by atoms with van der Waals surface area (Å²) in [5.74, 6) is 0.814. The summed E-state index contributed by atoms with van der Waals surface area (Å²) < 4.78 is 0. The molecule has 0 aliphatic heterocycles. The molecule has 19 heavy (non-hydrogen) atoms. The Kier molecular flexibility index (Phi) is 8.02. The Morgan fingerprint density at radius 3 is 2.63 bits per heavy atom. The monoisotopic (exact) mass is 299 g/mol. The number of carbonyl (C=O) groups is 1. The van der Waals surface area contributed by atoms with Gasteiger partial charge in [-0.2, -0.15) is 11.8 Å². The first-order valence-corrected chi connectivity index (χ1v) is 8.55. The van der Waals surface area contributed by atoms with Crippen LogP contribution in [-0.2, 0) is 4.79 Å². The first-order chi connectivity index (χ1) is 9.17. The molecule has 0 spiro atoms. The highest BCUT2D eigenvalue weighted by Gasteiger charge is 2.16. The van der Waals surface area contributed by atoms with Crippen LogP contribution in [0.1, 0.15) is 13.3 Å². The standard InChI is InChI=1S/C14H21NO2S2/c1-11(13(10-16)18-2)15-14(17)8-9-19-12-6-4-3-5-7-12/h3-7,11,13,16H,8-10H2,1-2H3,(H,15,17). The lowest BCUT2D eigenvalue weighted by Crippen LogP contribution is -2.41. The van der Waals surface area contributed by atoms with Crippen molar-refractivity contribution in [3.8, 4) is 0 Å². The molecule has 0 heterocycles. The van der Waals surface area contributed by atoms with Gasteiger partial charge in [0.05, 0.1) is 6.61 Å². The molecule has 0 bridgehead atoms. The average Bonchev–Trinajstić information content (AvgIpc) is 2.41. The van der Waals surface area contributed by atoms with E-state index in [1.807, 2.05) is 43.5 Å². The van der Waals surface area contributed by atoms with Crippen LogP contribution in [0.25, 0.3) is 0 Å². The molecule has 0 saturated carbocycles. The van der Waals surface area contributed by atoms with Crippen LogP contribution in [0.2, 0.25) is 0 Å². The fourth-order valence-electron chi connectivity index (χ4n) is 1.63. The zero-order valence-electron chi connectivity index (χ0n) is 11.3. The number of hydrogen-bond donors (Lipinski definition) is 2. The SMILES string of the molecule is CSC(CO)C(C)NC(=O)CCSc1ccccc1. The van der Waals surface area contributed by atoms with Gasteiger partial charge in [0.1, 0.15) is 0 Å². The smallest absolute Gasteiger partial charge is 0.221 e. The molecule has 2 unspecified atom stereocenters. The van der Waals surface area contributed by atoms with Crippen molar-refractivity contribution in [2.75, 3.05) is 18.6 Å². The van der Waals surface area contributed by atoms with Crippen LogP contribution in [0.3, 0.4) is 0 Å². The van der Waals surface area contributed by atoms with Crippen molar-refractivity contribution in [3.63, 3.8) is 0 Å². The van der Waals surface area contributed by atoms with Crippen molar-refractivity contribution in [1.82, 2.24) is 5.32 Å². The van der Waals surface area contributed by atoms with Gasteiger partial charge in [-0.05, 0) is 25.3 Å². The second kappa shape index (κ2) is 9.28. The third-order valence-electron chi connectivity index (χ3n) is 2.77. The number of aliphatic hydroxyl groups is 1. The molecule has 0 aromatic heterocycles. The van der Waals surface area contributed by atoms with Gasteiger partial charge in [-0.15, -0.1) is 11.8 Å². The van der Waals surface area contributed by atoms with Crippen molar-refractivity contribution in [2.45, 2.75) is 29.5 Å². The molecule has 0 radical (unpaired) electrons. The number of nitrogens with one attached hydrogen (secondary N) is 1. The van der Waals surface area contributed by atoms with Gasteiger partial charge in [0.2, 0.25) is 5.91 Å². The fourth-order valence-corrected chi connectivity index (χ4v) is 3.13. The summed E-state index contributed by atoms with van der Waals surface area (Å²) in [5.41, 5.74) is 0. The van der Waals surface area contributed by atoms with Crippen LogP contribution in [0, 0.1) is 0 Å². The lowest BCUT2D eigenvalue weighted by atomic mass is 10.2. The molecule has 1 amide bonds. The molecule has 0 fully saturated rings.